The van der Waals surface area contributed by atoms with Crippen LogP contribution >= 0.6 is 24.4 Å². The molecule has 0 saturated carbocycles. The maximum atomic E-state index is 12.4. The highest BCUT2D eigenvalue weighted by Gasteiger charge is 2.28. The van der Waals surface area contributed by atoms with Gasteiger partial charge in [-0.15, -0.1) is 0 Å². The zero-order chi connectivity index (χ0) is 20.3. The first-order chi connectivity index (χ1) is 12.1. The number of carboxylic acids is 1. The third-order valence-corrected chi connectivity index (χ3v) is 4.30. The summed E-state index contributed by atoms with van der Waals surface area (Å²) in [6.07, 6.45) is 1.02. The van der Waals surface area contributed by atoms with Gasteiger partial charge in [0.25, 0.3) is 0 Å². The van der Waals surface area contributed by atoms with Gasteiger partial charge in [0.15, 0.2) is 0 Å². The summed E-state index contributed by atoms with van der Waals surface area (Å²) in [7, 11) is 0. The van der Waals surface area contributed by atoms with Gasteiger partial charge in [0.2, 0.25) is 17.7 Å². The van der Waals surface area contributed by atoms with Crippen LogP contribution in [-0.2, 0) is 19.2 Å². The van der Waals surface area contributed by atoms with Crippen LogP contribution < -0.4 is 21.7 Å². The van der Waals surface area contributed by atoms with E-state index in [2.05, 4.69) is 28.6 Å². The molecule has 10 nitrogen and oxygen atoms in total. The molecule has 0 fully saturated rings. The summed E-state index contributed by atoms with van der Waals surface area (Å²) in [5.74, 6) is -2.76. The number of aliphatic carboxylic acids is 1. The maximum absolute atomic E-state index is 12.4. The predicted molar refractivity (Wildman–Crippen MR) is 101 cm³/mol. The van der Waals surface area contributed by atoms with Crippen molar-refractivity contribution in [1.82, 2.24) is 16.0 Å². The summed E-state index contributed by atoms with van der Waals surface area (Å²) >= 11 is 5.43. The highest BCUT2D eigenvalue weighted by Crippen LogP contribution is 2.03. The molecule has 0 spiro atoms. The monoisotopic (exact) mass is 410 g/mol. The van der Waals surface area contributed by atoms with Crippen LogP contribution in [0.1, 0.15) is 13.3 Å². The third-order valence-electron chi connectivity index (χ3n) is 3.30. The first kappa shape index (κ1) is 24.5. The molecule has 4 unspecified atom stereocenters. The van der Waals surface area contributed by atoms with E-state index in [4.69, 9.17) is 10.8 Å². The number of carbonyl (C=O) groups excluding carboxylic acids is 3. The Labute approximate surface area is 161 Å². The minimum Gasteiger partial charge on any atom is -0.480 e. The molecular weight excluding hydrogens is 384 g/mol. The molecule has 0 radical (unpaired) electrons. The molecule has 150 valence electrons. The molecule has 0 heterocycles. The minimum atomic E-state index is -1.22. The average Bonchev–Trinajstić information content (AvgIpc) is 2.59. The Kier molecular flexibility index (Phi) is 12.1. The van der Waals surface area contributed by atoms with Gasteiger partial charge in [-0.1, -0.05) is 0 Å². The number of hydrogen-bond acceptors (Lipinski definition) is 8. The molecule has 0 aromatic heterocycles. The quantitative estimate of drug-likeness (QED) is 0.174. The van der Waals surface area contributed by atoms with Gasteiger partial charge in [0.05, 0.1) is 6.10 Å². The number of rotatable bonds is 12. The lowest BCUT2D eigenvalue weighted by Gasteiger charge is -2.23. The first-order valence-corrected chi connectivity index (χ1v) is 9.80. The van der Waals surface area contributed by atoms with Gasteiger partial charge < -0.3 is 31.9 Å². The van der Waals surface area contributed by atoms with E-state index < -0.39 is 54.5 Å². The summed E-state index contributed by atoms with van der Waals surface area (Å²) in [6.45, 7) is 0.764. The third kappa shape index (κ3) is 9.27. The number of nitrogens with one attached hydrogen (secondary N) is 3. The van der Waals surface area contributed by atoms with Crippen molar-refractivity contribution in [3.8, 4) is 0 Å². The van der Waals surface area contributed by atoms with Gasteiger partial charge in [-0.05, 0) is 25.4 Å². The molecule has 0 aliphatic rings. The van der Waals surface area contributed by atoms with Crippen LogP contribution in [0.15, 0.2) is 0 Å². The van der Waals surface area contributed by atoms with Crippen molar-refractivity contribution in [3.05, 3.63) is 0 Å². The minimum absolute atomic E-state index is 0.0619. The molecule has 4 atom stereocenters. The van der Waals surface area contributed by atoms with Gasteiger partial charge in [0.1, 0.15) is 24.7 Å². The number of thiol groups is 1. The molecule has 26 heavy (non-hydrogen) atoms. The Bertz CT molecular complexity index is 506. The van der Waals surface area contributed by atoms with Crippen molar-refractivity contribution in [3.63, 3.8) is 0 Å². The number of aliphatic hydroxyl groups excluding tert-OH is 1. The van der Waals surface area contributed by atoms with E-state index in [1.165, 1.54) is 18.7 Å². The fourth-order valence-electron chi connectivity index (χ4n) is 1.74. The van der Waals surface area contributed by atoms with Gasteiger partial charge in [-0.3, -0.25) is 19.2 Å². The van der Waals surface area contributed by atoms with Crippen LogP contribution in [-0.4, -0.2) is 82.4 Å². The summed E-state index contributed by atoms with van der Waals surface area (Å²) < 4.78 is 0. The molecule has 3 amide bonds. The van der Waals surface area contributed by atoms with E-state index in [1.807, 2.05) is 6.26 Å². The van der Waals surface area contributed by atoms with Crippen LogP contribution in [0.5, 0.6) is 0 Å². The lowest BCUT2D eigenvalue weighted by atomic mass is 10.1. The topological polar surface area (TPSA) is 171 Å². The zero-order valence-corrected chi connectivity index (χ0v) is 16.3. The second-order valence-corrected chi connectivity index (χ2v) is 6.82. The standard InChI is InChI=1S/C14H26N4O6S2/c1-7(19)11(15)14(24)17-8(3-4-26-2)13(23)18-9(6-25)12(22)16-5-10(20)21/h7-9,11,19,25H,3-6,15H2,1-2H3,(H,16,22)(H,17,24)(H,18,23)(H,20,21). The normalized spacial score (nSPS) is 15.3. The van der Waals surface area contributed by atoms with Crippen molar-refractivity contribution < 1.29 is 29.4 Å². The average molecular weight is 411 g/mol. The van der Waals surface area contributed by atoms with Crippen molar-refractivity contribution in [2.45, 2.75) is 37.6 Å². The van der Waals surface area contributed by atoms with Crippen LogP contribution in [0, 0.1) is 0 Å². The van der Waals surface area contributed by atoms with E-state index in [9.17, 15) is 24.3 Å². The van der Waals surface area contributed by atoms with Crippen LogP contribution in [0.4, 0.5) is 0 Å². The van der Waals surface area contributed by atoms with Gasteiger partial charge in [-0.2, -0.15) is 24.4 Å². The number of thioether (sulfide) groups is 1. The largest absolute Gasteiger partial charge is 0.480 e. The molecule has 0 saturated heterocycles. The summed E-state index contributed by atoms with van der Waals surface area (Å²) in [6, 6.07) is -3.22. The van der Waals surface area contributed by atoms with Gasteiger partial charge in [-0.25, -0.2) is 0 Å². The predicted octanol–water partition coefficient (Wildman–Crippen LogP) is -2.45. The molecular formula is C14H26N4O6S2. The lowest BCUT2D eigenvalue weighted by Crippen LogP contribution is -2.57. The van der Waals surface area contributed by atoms with E-state index in [-0.39, 0.29) is 12.2 Å². The van der Waals surface area contributed by atoms with Crippen molar-refractivity contribution >= 4 is 48.1 Å². The number of hydrogen-bond donors (Lipinski definition) is 7. The fourth-order valence-corrected chi connectivity index (χ4v) is 2.47. The van der Waals surface area contributed by atoms with E-state index in [0.29, 0.717) is 5.75 Å². The molecule has 0 aromatic carbocycles. The van der Waals surface area contributed by atoms with Crippen molar-refractivity contribution in [2.24, 2.45) is 5.73 Å². The Morgan fingerprint density at radius 2 is 1.69 bits per heavy atom. The van der Waals surface area contributed by atoms with Gasteiger partial charge >= 0.3 is 5.97 Å². The van der Waals surface area contributed by atoms with Crippen LogP contribution in [0.2, 0.25) is 0 Å². The Morgan fingerprint density at radius 1 is 1.12 bits per heavy atom. The molecule has 12 heteroatoms. The van der Waals surface area contributed by atoms with Crippen LogP contribution in [0.25, 0.3) is 0 Å². The highest BCUT2D eigenvalue weighted by molar-refractivity contribution is 7.98. The summed E-state index contributed by atoms with van der Waals surface area (Å²) in [5, 5.41) is 25.0. The lowest BCUT2D eigenvalue weighted by molar-refractivity contribution is -0.138. The second-order valence-electron chi connectivity index (χ2n) is 5.46. The number of nitrogens with two attached hydrogens (primary N) is 1. The number of carbonyl (C=O) groups is 4. The van der Waals surface area contributed by atoms with Crippen molar-refractivity contribution in [2.75, 3.05) is 24.3 Å². The second kappa shape index (κ2) is 12.8. The number of aliphatic hydroxyl groups is 1. The Balaban J connectivity index is 4.95. The summed E-state index contributed by atoms with van der Waals surface area (Å²) in [5.41, 5.74) is 5.55. The number of amides is 3. The molecule has 0 aliphatic carbocycles. The molecule has 0 aromatic rings. The molecule has 7 N–H and O–H groups in total. The van der Waals surface area contributed by atoms with E-state index >= 15 is 0 Å². The molecule has 0 rings (SSSR count). The van der Waals surface area contributed by atoms with E-state index in [0.717, 1.165) is 0 Å². The smallest absolute Gasteiger partial charge is 0.322 e. The first-order valence-electron chi connectivity index (χ1n) is 7.77. The Hall–Kier alpha value is -1.50. The molecule has 0 aliphatic heterocycles. The Morgan fingerprint density at radius 3 is 2.15 bits per heavy atom. The van der Waals surface area contributed by atoms with Crippen molar-refractivity contribution in [1.29, 1.82) is 0 Å². The molecule has 0 bridgehead atoms. The zero-order valence-electron chi connectivity index (χ0n) is 14.6. The van der Waals surface area contributed by atoms with Gasteiger partial charge in [0, 0.05) is 5.75 Å². The maximum Gasteiger partial charge on any atom is 0.322 e. The van der Waals surface area contributed by atoms with E-state index in [1.54, 1.807) is 0 Å². The SMILES string of the molecule is CSCCC(NC(=O)C(N)C(C)O)C(=O)NC(CS)C(=O)NCC(=O)O. The fraction of sp³-hybridized carbons (Fsp3) is 0.714. The summed E-state index contributed by atoms with van der Waals surface area (Å²) in [4.78, 5) is 46.8. The van der Waals surface area contributed by atoms with Crippen LogP contribution in [0.3, 0.4) is 0 Å². The number of carboxylic acid groups (broad SMARTS) is 1. The highest BCUT2D eigenvalue weighted by atomic mass is 32.2.